The van der Waals surface area contributed by atoms with Crippen LogP contribution in [0.5, 0.6) is 0 Å². The summed E-state index contributed by atoms with van der Waals surface area (Å²) in [4.78, 5) is 2.41. The molecular weight excluding hydrogens is 256 g/mol. The molecule has 2 nitrogen and oxygen atoms in total. The first-order valence-corrected chi connectivity index (χ1v) is 7.31. The molecule has 0 radical (unpaired) electrons. The number of nitrogens with two attached hydrogens (primary N) is 1. The van der Waals surface area contributed by atoms with E-state index in [-0.39, 0.29) is 5.54 Å². The molecule has 0 amide bonds. The van der Waals surface area contributed by atoms with Gasteiger partial charge in [-0.3, -0.25) is 0 Å². The molecule has 1 heterocycles. The molecule has 104 valence electrons. The molecule has 2 heteroatoms. The lowest BCUT2D eigenvalue weighted by molar-refractivity contribution is 0.542. The first-order chi connectivity index (χ1) is 10.2. The van der Waals surface area contributed by atoms with E-state index in [0.717, 1.165) is 5.69 Å². The van der Waals surface area contributed by atoms with Gasteiger partial charge in [0, 0.05) is 23.0 Å². The molecule has 0 saturated heterocycles. The Balaban J connectivity index is 1.98. The van der Waals surface area contributed by atoms with Crippen LogP contribution < -0.4 is 10.6 Å². The molecule has 0 bridgehead atoms. The van der Waals surface area contributed by atoms with Crippen LogP contribution in [0.15, 0.2) is 72.8 Å². The van der Waals surface area contributed by atoms with E-state index in [1.165, 1.54) is 16.9 Å². The molecular formula is C19H18N2. The summed E-state index contributed by atoms with van der Waals surface area (Å²) in [6.07, 6.45) is 8.86. The first-order valence-electron chi connectivity index (χ1n) is 7.31. The molecule has 21 heavy (non-hydrogen) atoms. The van der Waals surface area contributed by atoms with Crippen molar-refractivity contribution < 1.29 is 0 Å². The van der Waals surface area contributed by atoms with Gasteiger partial charge in [0.2, 0.25) is 0 Å². The Labute approximate surface area is 125 Å². The Bertz CT molecular complexity index is 745. The number of fused-ring (bicyclic) bond motifs is 3. The number of hydrogen-bond acceptors (Lipinski definition) is 2. The Morgan fingerprint density at radius 1 is 1.05 bits per heavy atom. The number of benzene rings is 2. The van der Waals surface area contributed by atoms with Crippen LogP contribution in [0.25, 0.3) is 0 Å². The van der Waals surface area contributed by atoms with Crippen molar-refractivity contribution in [1.29, 1.82) is 0 Å². The monoisotopic (exact) mass is 274 g/mol. The van der Waals surface area contributed by atoms with Gasteiger partial charge in [-0.05, 0) is 36.8 Å². The van der Waals surface area contributed by atoms with Gasteiger partial charge in [-0.15, -0.1) is 0 Å². The van der Waals surface area contributed by atoms with Crippen LogP contribution in [0.1, 0.15) is 18.4 Å². The lowest BCUT2D eigenvalue weighted by atomic mass is 9.80. The molecule has 4 rings (SSSR count). The maximum absolute atomic E-state index is 6.04. The standard InChI is InChI=1S/C19H18N2/c1-19-12-6-5-9-17(19)16-11-10-14(20)13-18(16)21(19)15-7-3-2-4-8-15/h2-13,17H,20H2,1H3. The minimum atomic E-state index is -0.0772. The van der Waals surface area contributed by atoms with Crippen LogP contribution in [-0.4, -0.2) is 5.54 Å². The Morgan fingerprint density at radius 3 is 2.67 bits per heavy atom. The van der Waals surface area contributed by atoms with E-state index in [1.807, 2.05) is 6.07 Å². The van der Waals surface area contributed by atoms with Crippen molar-refractivity contribution in [3.8, 4) is 0 Å². The molecule has 2 aromatic rings. The smallest absolute Gasteiger partial charge is 0.0712 e. The highest BCUT2D eigenvalue weighted by Crippen LogP contribution is 2.54. The maximum Gasteiger partial charge on any atom is 0.0712 e. The molecule has 0 aromatic heterocycles. The second-order valence-electron chi connectivity index (χ2n) is 5.94. The third-order valence-corrected chi connectivity index (χ3v) is 4.60. The van der Waals surface area contributed by atoms with Crippen molar-refractivity contribution in [2.75, 3.05) is 10.6 Å². The van der Waals surface area contributed by atoms with Crippen molar-refractivity contribution in [3.05, 3.63) is 78.4 Å². The zero-order valence-corrected chi connectivity index (χ0v) is 12.0. The zero-order valence-electron chi connectivity index (χ0n) is 12.0. The third kappa shape index (κ3) is 1.65. The summed E-state index contributed by atoms with van der Waals surface area (Å²) in [6.45, 7) is 2.29. The van der Waals surface area contributed by atoms with Gasteiger partial charge in [0.1, 0.15) is 0 Å². The fourth-order valence-electron chi connectivity index (χ4n) is 3.63. The molecule has 2 aromatic carbocycles. The number of rotatable bonds is 1. The molecule has 0 saturated carbocycles. The summed E-state index contributed by atoms with van der Waals surface area (Å²) in [5.74, 6) is 0.360. The van der Waals surface area contributed by atoms with Gasteiger partial charge in [-0.1, -0.05) is 48.6 Å². The highest BCUT2D eigenvalue weighted by molar-refractivity contribution is 5.79. The van der Waals surface area contributed by atoms with Crippen LogP contribution in [0, 0.1) is 0 Å². The summed E-state index contributed by atoms with van der Waals surface area (Å²) in [5, 5.41) is 0. The Morgan fingerprint density at radius 2 is 1.86 bits per heavy atom. The second kappa shape index (κ2) is 4.26. The fraction of sp³-hybridized carbons (Fsp3) is 0.158. The molecule has 2 N–H and O–H groups in total. The highest BCUT2D eigenvalue weighted by Gasteiger charge is 2.46. The van der Waals surface area contributed by atoms with Crippen LogP contribution >= 0.6 is 0 Å². The molecule has 0 spiro atoms. The predicted molar refractivity (Wildman–Crippen MR) is 88.9 cm³/mol. The van der Waals surface area contributed by atoms with E-state index >= 15 is 0 Å². The number of para-hydroxylation sites is 1. The minimum Gasteiger partial charge on any atom is -0.399 e. The van der Waals surface area contributed by atoms with Gasteiger partial charge in [0.25, 0.3) is 0 Å². The van der Waals surface area contributed by atoms with E-state index < -0.39 is 0 Å². The van der Waals surface area contributed by atoms with Crippen molar-refractivity contribution in [3.63, 3.8) is 0 Å². The summed E-state index contributed by atoms with van der Waals surface area (Å²) >= 11 is 0. The van der Waals surface area contributed by atoms with E-state index in [1.54, 1.807) is 0 Å². The third-order valence-electron chi connectivity index (χ3n) is 4.60. The van der Waals surface area contributed by atoms with Crippen LogP contribution in [0.3, 0.4) is 0 Å². The lowest BCUT2D eigenvalue weighted by Crippen LogP contribution is -2.41. The SMILES string of the molecule is CC12C=CC=CC1c1ccc(N)cc1N2c1ccccc1. The number of nitrogen functional groups attached to an aromatic ring is 1. The average Bonchev–Trinajstić information content (AvgIpc) is 2.75. The van der Waals surface area contributed by atoms with Crippen LogP contribution in [0.4, 0.5) is 17.1 Å². The van der Waals surface area contributed by atoms with Crippen LogP contribution in [-0.2, 0) is 0 Å². The van der Waals surface area contributed by atoms with Crippen molar-refractivity contribution in [1.82, 2.24) is 0 Å². The van der Waals surface area contributed by atoms with Gasteiger partial charge in [-0.25, -0.2) is 0 Å². The maximum atomic E-state index is 6.04. The average molecular weight is 274 g/mol. The number of anilines is 3. The van der Waals surface area contributed by atoms with Gasteiger partial charge in [0.15, 0.2) is 0 Å². The number of hydrogen-bond donors (Lipinski definition) is 1. The van der Waals surface area contributed by atoms with Gasteiger partial charge in [-0.2, -0.15) is 0 Å². The summed E-state index contributed by atoms with van der Waals surface area (Å²) in [5.41, 5.74) is 10.5. The lowest BCUT2D eigenvalue weighted by Gasteiger charge is -2.39. The summed E-state index contributed by atoms with van der Waals surface area (Å²) in [6, 6.07) is 16.8. The van der Waals surface area contributed by atoms with Gasteiger partial charge >= 0.3 is 0 Å². The van der Waals surface area contributed by atoms with E-state index in [9.17, 15) is 0 Å². The number of nitrogens with zero attached hydrogens (tertiary/aromatic N) is 1. The molecule has 1 aliphatic heterocycles. The van der Waals surface area contributed by atoms with Crippen LogP contribution in [0.2, 0.25) is 0 Å². The van der Waals surface area contributed by atoms with E-state index in [4.69, 9.17) is 5.73 Å². The molecule has 1 aliphatic carbocycles. The van der Waals surface area contributed by atoms with Gasteiger partial charge < -0.3 is 10.6 Å². The normalized spacial score (nSPS) is 25.8. The molecule has 0 fully saturated rings. The highest BCUT2D eigenvalue weighted by atomic mass is 15.2. The number of allylic oxidation sites excluding steroid dienone is 2. The van der Waals surface area contributed by atoms with Gasteiger partial charge in [0.05, 0.1) is 5.54 Å². The molecule has 2 atom stereocenters. The largest absolute Gasteiger partial charge is 0.399 e. The van der Waals surface area contributed by atoms with E-state index in [0.29, 0.717) is 5.92 Å². The quantitative estimate of drug-likeness (QED) is 0.781. The second-order valence-corrected chi connectivity index (χ2v) is 5.94. The minimum absolute atomic E-state index is 0.0772. The predicted octanol–water partition coefficient (Wildman–Crippen LogP) is 4.39. The zero-order chi connectivity index (χ0) is 14.4. The first kappa shape index (κ1) is 12.3. The topological polar surface area (TPSA) is 29.3 Å². The Kier molecular flexibility index (Phi) is 2.49. The molecule has 2 unspecified atom stereocenters. The van der Waals surface area contributed by atoms with E-state index in [2.05, 4.69) is 78.6 Å². The summed E-state index contributed by atoms with van der Waals surface area (Å²) < 4.78 is 0. The molecule has 2 aliphatic rings. The van der Waals surface area contributed by atoms with Crippen molar-refractivity contribution in [2.24, 2.45) is 0 Å². The summed E-state index contributed by atoms with van der Waals surface area (Å²) in [7, 11) is 0. The fourth-order valence-corrected chi connectivity index (χ4v) is 3.63. The Hall–Kier alpha value is -2.48. The van der Waals surface area contributed by atoms with Crippen molar-refractivity contribution in [2.45, 2.75) is 18.4 Å². The van der Waals surface area contributed by atoms with Crippen molar-refractivity contribution >= 4 is 17.1 Å².